The van der Waals surface area contributed by atoms with Crippen LogP contribution in [0.3, 0.4) is 0 Å². The summed E-state index contributed by atoms with van der Waals surface area (Å²) in [7, 11) is -3.61. The Hall–Kier alpha value is 0.0200. The Bertz CT molecular complexity index is 195. The summed E-state index contributed by atoms with van der Waals surface area (Å²) in [5.41, 5.74) is 0. The molecular weight excluding hydrogens is 166 g/mol. The van der Waals surface area contributed by atoms with E-state index in [0.717, 1.165) is 0 Å². The summed E-state index contributed by atoms with van der Waals surface area (Å²) >= 11 is -2.32. The van der Waals surface area contributed by atoms with Crippen LogP contribution in [-0.2, 0) is 21.1 Å². The van der Waals surface area contributed by atoms with Crippen LogP contribution in [0.25, 0.3) is 0 Å². The molecule has 5 nitrogen and oxygen atoms in total. The molecule has 0 rings (SSSR count). The third kappa shape index (κ3) is 8.02. The van der Waals surface area contributed by atoms with E-state index in [1.165, 1.54) is 0 Å². The molecule has 56 valence electrons. The van der Waals surface area contributed by atoms with Gasteiger partial charge in [0.05, 0.1) is 5.75 Å². The van der Waals surface area contributed by atoms with Crippen molar-refractivity contribution in [2.45, 2.75) is 0 Å². The topological polar surface area (TPSA) is 100 Å². The molecule has 0 amide bonds. The van der Waals surface area contributed by atoms with Gasteiger partial charge in [-0.2, -0.15) is 0 Å². The first-order valence-electron chi connectivity index (χ1n) is 1.98. The van der Waals surface area contributed by atoms with Crippen LogP contribution >= 0.6 is 0 Å². The lowest BCUT2D eigenvalue weighted by Gasteiger charge is -2.00. The molecule has 1 unspecified atom stereocenters. The highest BCUT2D eigenvalue weighted by Crippen LogP contribution is 1.79. The second-order valence-electron chi connectivity index (χ2n) is 1.37. The highest BCUT2D eigenvalue weighted by Gasteiger charge is 2.00. The zero-order valence-corrected chi connectivity index (χ0v) is 6.07. The van der Waals surface area contributed by atoms with E-state index >= 15 is 0 Å². The Morgan fingerprint density at radius 1 is 1.56 bits per heavy atom. The second-order valence-corrected chi connectivity index (χ2v) is 4.12. The molecular formula is C2H6NO4S2-. The van der Waals surface area contributed by atoms with E-state index in [-0.39, 0.29) is 0 Å². The van der Waals surface area contributed by atoms with Crippen LogP contribution in [0.15, 0.2) is 0 Å². The lowest BCUT2D eigenvalue weighted by Crippen LogP contribution is -2.20. The predicted octanol–water partition coefficient (Wildman–Crippen LogP) is -1.85. The van der Waals surface area contributed by atoms with Crippen molar-refractivity contribution < 1.29 is 17.2 Å². The summed E-state index contributed by atoms with van der Waals surface area (Å²) in [5, 5.41) is 4.48. The van der Waals surface area contributed by atoms with Gasteiger partial charge in [-0.25, -0.2) is 13.6 Å². The SMILES string of the molecule is NS(=O)(=O)CCS(=O)[O-]. The first-order chi connectivity index (χ1) is 3.92. The van der Waals surface area contributed by atoms with Gasteiger partial charge < -0.3 is 4.55 Å². The monoisotopic (exact) mass is 172 g/mol. The van der Waals surface area contributed by atoms with Gasteiger partial charge in [-0.05, 0) is 0 Å². The zero-order valence-electron chi connectivity index (χ0n) is 4.44. The van der Waals surface area contributed by atoms with Gasteiger partial charge in [-0.15, -0.1) is 0 Å². The van der Waals surface area contributed by atoms with E-state index in [0.29, 0.717) is 0 Å². The molecule has 0 aromatic heterocycles. The third-order valence-electron chi connectivity index (χ3n) is 0.535. The van der Waals surface area contributed by atoms with E-state index in [9.17, 15) is 17.2 Å². The second kappa shape index (κ2) is 3.25. The lowest BCUT2D eigenvalue weighted by atomic mass is 11.0. The maximum absolute atomic E-state index is 10.0. The Labute approximate surface area is 55.6 Å². The quantitative estimate of drug-likeness (QED) is 0.505. The molecule has 2 N–H and O–H groups in total. The van der Waals surface area contributed by atoms with Crippen molar-refractivity contribution in [2.24, 2.45) is 5.14 Å². The van der Waals surface area contributed by atoms with Crippen molar-refractivity contribution in [3.05, 3.63) is 0 Å². The van der Waals surface area contributed by atoms with Crippen LogP contribution in [-0.4, -0.2) is 28.7 Å². The highest BCUT2D eigenvalue weighted by atomic mass is 32.2. The molecule has 0 spiro atoms. The Morgan fingerprint density at radius 3 is 2.11 bits per heavy atom. The van der Waals surface area contributed by atoms with Gasteiger partial charge in [0.2, 0.25) is 10.0 Å². The molecule has 0 fully saturated rings. The molecule has 7 heteroatoms. The van der Waals surface area contributed by atoms with Crippen LogP contribution in [0.5, 0.6) is 0 Å². The Morgan fingerprint density at radius 2 is 2.00 bits per heavy atom. The zero-order chi connectivity index (χ0) is 7.49. The summed E-state index contributed by atoms with van der Waals surface area (Å²) in [6.45, 7) is 0. The van der Waals surface area contributed by atoms with Crippen molar-refractivity contribution >= 4 is 21.1 Å². The number of hydrogen-bond acceptors (Lipinski definition) is 4. The molecule has 0 aromatic rings. The molecule has 0 aliphatic rings. The molecule has 0 aromatic carbocycles. The molecule has 0 bridgehead atoms. The third-order valence-corrected chi connectivity index (χ3v) is 2.10. The summed E-state index contributed by atoms with van der Waals surface area (Å²) in [4.78, 5) is 0. The lowest BCUT2D eigenvalue weighted by molar-refractivity contribution is 0.537. The normalized spacial score (nSPS) is 15.3. The molecule has 0 saturated heterocycles. The van der Waals surface area contributed by atoms with Crippen molar-refractivity contribution in [2.75, 3.05) is 11.5 Å². The molecule has 0 aliphatic heterocycles. The maximum atomic E-state index is 10.0. The molecule has 1 atom stereocenters. The number of rotatable bonds is 3. The van der Waals surface area contributed by atoms with Gasteiger partial charge in [0.15, 0.2) is 0 Å². The van der Waals surface area contributed by atoms with Crippen LogP contribution < -0.4 is 5.14 Å². The summed E-state index contributed by atoms with van der Waals surface area (Å²) in [6, 6.07) is 0. The minimum atomic E-state index is -3.61. The minimum absolute atomic E-state index is 0.432. The molecule has 0 aliphatic carbocycles. The first-order valence-corrected chi connectivity index (χ1v) is 4.94. The van der Waals surface area contributed by atoms with E-state index in [4.69, 9.17) is 0 Å². The van der Waals surface area contributed by atoms with E-state index in [1.807, 2.05) is 0 Å². The maximum Gasteiger partial charge on any atom is 0.209 e. The molecule has 9 heavy (non-hydrogen) atoms. The molecule has 0 saturated carbocycles. The largest absolute Gasteiger partial charge is 0.772 e. The van der Waals surface area contributed by atoms with E-state index < -0.39 is 32.6 Å². The number of sulfonamides is 1. The Kier molecular flexibility index (Phi) is 3.26. The van der Waals surface area contributed by atoms with Crippen molar-refractivity contribution in [1.29, 1.82) is 0 Å². The summed E-state index contributed by atoms with van der Waals surface area (Å²) in [5.74, 6) is -0.943. The molecule has 0 heterocycles. The van der Waals surface area contributed by atoms with Crippen LogP contribution in [0.4, 0.5) is 0 Å². The molecule has 0 radical (unpaired) electrons. The van der Waals surface area contributed by atoms with Crippen molar-refractivity contribution in [3.8, 4) is 0 Å². The van der Waals surface area contributed by atoms with Gasteiger partial charge in [-0.3, -0.25) is 4.21 Å². The van der Waals surface area contributed by atoms with Crippen LogP contribution in [0, 0.1) is 0 Å². The average Bonchev–Trinajstić information content (AvgIpc) is 1.59. The van der Waals surface area contributed by atoms with Crippen molar-refractivity contribution in [1.82, 2.24) is 0 Å². The number of hydrogen-bond donors (Lipinski definition) is 1. The number of nitrogens with two attached hydrogens (primary N) is 1. The van der Waals surface area contributed by atoms with Crippen molar-refractivity contribution in [3.63, 3.8) is 0 Å². The Balaban J connectivity index is 3.67. The summed E-state index contributed by atoms with van der Waals surface area (Å²) < 4.78 is 39.5. The summed E-state index contributed by atoms with van der Waals surface area (Å²) in [6.07, 6.45) is 0. The van der Waals surface area contributed by atoms with Crippen LogP contribution in [0.2, 0.25) is 0 Å². The fourth-order valence-corrected chi connectivity index (χ4v) is 1.66. The highest BCUT2D eigenvalue weighted by molar-refractivity contribution is 7.90. The van der Waals surface area contributed by atoms with Gasteiger partial charge in [-0.1, -0.05) is 11.1 Å². The standard InChI is InChI=1S/C2H7NO4S2/c3-9(6,7)2-1-8(4)5/h1-2H2,(H,4,5)(H2,3,6,7)/p-1. The van der Waals surface area contributed by atoms with E-state index in [1.54, 1.807) is 0 Å². The van der Waals surface area contributed by atoms with Gasteiger partial charge >= 0.3 is 0 Å². The fourth-order valence-electron chi connectivity index (χ4n) is 0.184. The van der Waals surface area contributed by atoms with Gasteiger partial charge in [0.1, 0.15) is 0 Å². The van der Waals surface area contributed by atoms with Gasteiger partial charge in [0, 0.05) is 5.75 Å². The van der Waals surface area contributed by atoms with Crippen LogP contribution in [0.1, 0.15) is 0 Å². The number of primary sulfonamides is 1. The average molecular weight is 172 g/mol. The van der Waals surface area contributed by atoms with Gasteiger partial charge in [0.25, 0.3) is 0 Å². The fraction of sp³-hybridized carbons (Fsp3) is 1.00. The predicted molar refractivity (Wildman–Crippen MR) is 31.8 cm³/mol. The first kappa shape index (κ1) is 9.02. The van der Waals surface area contributed by atoms with E-state index in [2.05, 4.69) is 5.14 Å². The smallest absolute Gasteiger partial charge is 0.209 e. The minimum Gasteiger partial charge on any atom is -0.772 e.